The summed E-state index contributed by atoms with van der Waals surface area (Å²) in [4.78, 5) is 6.92. The molecule has 3 heteroatoms. The van der Waals surface area contributed by atoms with E-state index in [4.69, 9.17) is 5.73 Å². The maximum absolute atomic E-state index is 5.91. The highest BCUT2D eigenvalue weighted by atomic mass is 15.1. The van der Waals surface area contributed by atoms with Gasteiger partial charge in [0.2, 0.25) is 0 Å². The van der Waals surface area contributed by atoms with Crippen molar-refractivity contribution in [2.24, 2.45) is 11.7 Å². The van der Waals surface area contributed by atoms with Crippen molar-refractivity contribution < 1.29 is 0 Å². The Labute approximate surface area is 120 Å². The van der Waals surface area contributed by atoms with Crippen molar-refractivity contribution in [3.8, 4) is 0 Å². The number of hydrogen-bond donors (Lipinski definition) is 1. The normalized spacial score (nSPS) is 22.8. The molecule has 3 rings (SSSR count). The van der Waals surface area contributed by atoms with Crippen molar-refractivity contribution in [2.45, 2.75) is 31.8 Å². The van der Waals surface area contributed by atoms with Gasteiger partial charge in [-0.05, 0) is 50.0 Å². The van der Waals surface area contributed by atoms with Gasteiger partial charge in [0.15, 0.2) is 0 Å². The number of aromatic nitrogens is 1. The maximum atomic E-state index is 5.91. The van der Waals surface area contributed by atoms with E-state index in [0.717, 1.165) is 18.6 Å². The Balaban J connectivity index is 1.82. The molecule has 1 aliphatic rings. The van der Waals surface area contributed by atoms with Crippen LogP contribution < -0.4 is 5.73 Å². The summed E-state index contributed by atoms with van der Waals surface area (Å²) >= 11 is 0. The summed E-state index contributed by atoms with van der Waals surface area (Å²) < 4.78 is 0. The first-order valence-electron chi connectivity index (χ1n) is 7.52. The van der Waals surface area contributed by atoms with E-state index in [1.54, 1.807) is 0 Å². The van der Waals surface area contributed by atoms with Gasteiger partial charge in [-0.1, -0.05) is 24.6 Å². The second-order valence-corrected chi connectivity index (χ2v) is 5.90. The lowest BCUT2D eigenvalue weighted by atomic mass is 10.0. The molecule has 2 atom stereocenters. The first-order chi connectivity index (χ1) is 9.79. The number of fused-ring (bicyclic) bond motifs is 1. The van der Waals surface area contributed by atoms with E-state index in [0.29, 0.717) is 12.0 Å². The van der Waals surface area contributed by atoms with E-state index < -0.39 is 0 Å². The summed E-state index contributed by atoms with van der Waals surface area (Å²) in [6.07, 6.45) is 5.79. The molecule has 2 unspecified atom stereocenters. The molecule has 2 aromatic rings. The molecule has 106 valence electrons. The molecule has 20 heavy (non-hydrogen) atoms. The standard InChI is InChI=1S/C17H23N3/c1-20(17-8-4-5-13(17)11-18)12-14-9-10-19-16-7-3-2-6-15(14)16/h2-3,6-7,9-10,13,17H,4-5,8,11-12,18H2,1H3. The number of rotatable bonds is 4. The zero-order chi connectivity index (χ0) is 13.9. The third kappa shape index (κ3) is 2.56. The maximum Gasteiger partial charge on any atom is 0.0705 e. The molecule has 3 nitrogen and oxygen atoms in total. The lowest BCUT2D eigenvalue weighted by molar-refractivity contribution is 0.193. The Hall–Kier alpha value is -1.45. The van der Waals surface area contributed by atoms with Crippen LogP contribution in [0.2, 0.25) is 0 Å². The van der Waals surface area contributed by atoms with Crippen LogP contribution in [-0.2, 0) is 6.54 Å². The van der Waals surface area contributed by atoms with E-state index in [1.165, 1.54) is 30.2 Å². The molecule has 2 N–H and O–H groups in total. The Morgan fingerprint density at radius 2 is 2.10 bits per heavy atom. The second kappa shape index (κ2) is 5.90. The van der Waals surface area contributed by atoms with Crippen LogP contribution in [0.15, 0.2) is 36.5 Å². The van der Waals surface area contributed by atoms with E-state index >= 15 is 0 Å². The highest BCUT2D eigenvalue weighted by Gasteiger charge is 2.29. The molecule has 0 aliphatic heterocycles. The molecule has 0 saturated heterocycles. The Bertz CT molecular complexity index is 576. The highest BCUT2D eigenvalue weighted by molar-refractivity contribution is 5.81. The molecule has 1 aromatic heterocycles. The van der Waals surface area contributed by atoms with Crippen molar-refractivity contribution in [2.75, 3.05) is 13.6 Å². The average molecular weight is 269 g/mol. The summed E-state index contributed by atoms with van der Waals surface area (Å²) in [6.45, 7) is 1.79. The van der Waals surface area contributed by atoms with Crippen molar-refractivity contribution in [3.63, 3.8) is 0 Å². The lowest BCUT2D eigenvalue weighted by Gasteiger charge is -2.29. The van der Waals surface area contributed by atoms with Gasteiger partial charge in [0, 0.05) is 24.2 Å². The number of benzene rings is 1. The molecule has 0 bridgehead atoms. The molecule has 1 aromatic carbocycles. The van der Waals surface area contributed by atoms with E-state index in [1.807, 2.05) is 12.3 Å². The fourth-order valence-electron chi connectivity index (χ4n) is 3.55. The molecule has 1 aliphatic carbocycles. The summed E-state index contributed by atoms with van der Waals surface area (Å²) in [5.74, 6) is 0.660. The molecule has 0 spiro atoms. The van der Waals surface area contributed by atoms with E-state index in [9.17, 15) is 0 Å². The fourth-order valence-corrected chi connectivity index (χ4v) is 3.55. The van der Waals surface area contributed by atoms with Gasteiger partial charge in [0.25, 0.3) is 0 Å². The topological polar surface area (TPSA) is 42.2 Å². The number of nitrogens with zero attached hydrogens (tertiary/aromatic N) is 2. The van der Waals surface area contributed by atoms with Gasteiger partial charge < -0.3 is 5.73 Å². The van der Waals surface area contributed by atoms with Crippen LogP contribution in [-0.4, -0.2) is 29.5 Å². The number of hydrogen-bond acceptors (Lipinski definition) is 3. The van der Waals surface area contributed by atoms with E-state index in [-0.39, 0.29) is 0 Å². The van der Waals surface area contributed by atoms with Gasteiger partial charge in [0.05, 0.1) is 5.52 Å². The summed E-state index contributed by atoms with van der Waals surface area (Å²) in [7, 11) is 2.23. The second-order valence-electron chi connectivity index (χ2n) is 5.90. The minimum absolute atomic E-state index is 0.631. The van der Waals surface area contributed by atoms with Gasteiger partial charge in [-0.25, -0.2) is 0 Å². The molecule has 1 saturated carbocycles. The molecule has 0 amide bonds. The van der Waals surface area contributed by atoms with Gasteiger partial charge in [-0.15, -0.1) is 0 Å². The zero-order valence-electron chi connectivity index (χ0n) is 12.1. The largest absolute Gasteiger partial charge is 0.330 e. The molecule has 1 heterocycles. The monoisotopic (exact) mass is 269 g/mol. The van der Waals surface area contributed by atoms with Crippen LogP contribution in [0.5, 0.6) is 0 Å². The summed E-state index contributed by atoms with van der Waals surface area (Å²) in [5.41, 5.74) is 8.35. The highest BCUT2D eigenvalue weighted by Crippen LogP contribution is 2.30. The van der Waals surface area contributed by atoms with Crippen LogP contribution in [0, 0.1) is 5.92 Å². The predicted molar refractivity (Wildman–Crippen MR) is 83.4 cm³/mol. The van der Waals surface area contributed by atoms with Crippen molar-refractivity contribution in [3.05, 3.63) is 42.1 Å². The number of nitrogens with two attached hydrogens (primary N) is 1. The first kappa shape index (κ1) is 13.5. The van der Waals surface area contributed by atoms with Crippen LogP contribution in [0.4, 0.5) is 0 Å². The average Bonchev–Trinajstić information content (AvgIpc) is 2.96. The van der Waals surface area contributed by atoms with Crippen LogP contribution in [0.3, 0.4) is 0 Å². The summed E-state index contributed by atoms with van der Waals surface area (Å²) in [5, 5.41) is 1.27. The van der Waals surface area contributed by atoms with Gasteiger partial charge in [0.1, 0.15) is 0 Å². The van der Waals surface area contributed by atoms with Gasteiger partial charge in [-0.3, -0.25) is 9.88 Å². The SMILES string of the molecule is CN(Cc1ccnc2ccccc12)C1CCCC1CN. The quantitative estimate of drug-likeness (QED) is 0.928. The minimum Gasteiger partial charge on any atom is -0.330 e. The Morgan fingerprint density at radius 1 is 1.25 bits per heavy atom. The third-order valence-corrected chi connectivity index (χ3v) is 4.65. The predicted octanol–water partition coefficient (Wildman–Crippen LogP) is 2.79. The summed E-state index contributed by atoms with van der Waals surface area (Å²) in [6, 6.07) is 11.2. The van der Waals surface area contributed by atoms with Gasteiger partial charge in [-0.2, -0.15) is 0 Å². The molecule has 0 radical (unpaired) electrons. The first-order valence-corrected chi connectivity index (χ1v) is 7.52. The fraction of sp³-hybridized carbons (Fsp3) is 0.471. The smallest absolute Gasteiger partial charge is 0.0705 e. The van der Waals surface area contributed by atoms with Crippen molar-refractivity contribution >= 4 is 10.9 Å². The van der Waals surface area contributed by atoms with Crippen LogP contribution >= 0.6 is 0 Å². The Kier molecular flexibility index (Phi) is 3.99. The molecule has 1 fully saturated rings. The third-order valence-electron chi connectivity index (χ3n) is 4.65. The van der Waals surface area contributed by atoms with Crippen molar-refractivity contribution in [1.29, 1.82) is 0 Å². The lowest BCUT2D eigenvalue weighted by Crippen LogP contribution is -2.37. The van der Waals surface area contributed by atoms with Crippen molar-refractivity contribution in [1.82, 2.24) is 9.88 Å². The zero-order valence-corrected chi connectivity index (χ0v) is 12.1. The van der Waals surface area contributed by atoms with Crippen LogP contribution in [0.1, 0.15) is 24.8 Å². The number of para-hydroxylation sites is 1. The van der Waals surface area contributed by atoms with Crippen LogP contribution in [0.25, 0.3) is 10.9 Å². The molecular weight excluding hydrogens is 246 g/mol. The van der Waals surface area contributed by atoms with Gasteiger partial charge >= 0.3 is 0 Å². The number of pyridine rings is 1. The minimum atomic E-state index is 0.631. The molecular formula is C17H23N3. The Morgan fingerprint density at radius 3 is 2.95 bits per heavy atom. The van der Waals surface area contributed by atoms with E-state index in [2.05, 4.69) is 41.2 Å².